The molecule has 0 aromatic rings. The van der Waals surface area contributed by atoms with Crippen molar-refractivity contribution in [1.29, 1.82) is 0 Å². The van der Waals surface area contributed by atoms with Gasteiger partial charge in [0.2, 0.25) is 0 Å². The van der Waals surface area contributed by atoms with Crippen molar-refractivity contribution in [2.24, 2.45) is 5.92 Å². The highest BCUT2D eigenvalue weighted by Crippen LogP contribution is 2.16. The number of hydrogen-bond acceptors (Lipinski definition) is 3. The van der Waals surface area contributed by atoms with E-state index in [0.717, 1.165) is 25.4 Å². The summed E-state index contributed by atoms with van der Waals surface area (Å²) >= 11 is 0. The number of likely N-dealkylation sites (tertiary alicyclic amines) is 1. The number of nitrogens with zero attached hydrogens (tertiary/aromatic N) is 1. The molecule has 1 atom stereocenters. The molecular formula is C13H28N2O. The van der Waals surface area contributed by atoms with Gasteiger partial charge >= 0.3 is 0 Å². The Balaban J connectivity index is 2.22. The lowest BCUT2D eigenvalue weighted by Gasteiger charge is -2.34. The second-order valence-electron chi connectivity index (χ2n) is 6.02. The van der Waals surface area contributed by atoms with Gasteiger partial charge in [0.25, 0.3) is 0 Å². The number of aliphatic hydroxyl groups is 1. The molecule has 3 nitrogen and oxygen atoms in total. The maximum absolute atomic E-state index is 8.83. The van der Waals surface area contributed by atoms with Crippen molar-refractivity contribution in [3.63, 3.8) is 0 Å². The van der Waals surface area contributed by atoms with E-state index in [2.05, 4.69) is 31.0 Å². The Morgan fingerprint density at radius 3 is 2.75 bits per heavy atom. The molecule has 1 unspecified atom stereocenters. The Morgan fingerprint density at radius 1 is 1.38 bits per heavy atom. The summed E-state index contributed by atoms with van der Waals surface area (Å²) in [5.74, 6) is 0.784. The summed E-state index contributed by atoms with van der Waals surface area (Å²) in [6, 6.07) is 0. The third kappa shape index (κ3) is 5.83. The minimum atomic E-state index is 0.230. The van der Waals surface area contributed by atoms with Gasteiger partial charge in [0.05, 0.1) is 0 Å². The van der Waals surface area contributed by atoms with Crippen LogP contribution in [0.25, 0.3) is 0 Å². The Kier molecular flexibility index (Phi) is 5.73. The van der Waals surface area contributed by atoms with E-state index in [4.69, 9.17) is 5.11 Å². The van der Waals surface area contributed by atoms with Crippen LogP contribution in [-0.2, 0) is 0 Å². The number of hydrogen-bond donors (Lipinski definition) is 2. The smallest absolute Gasteiger partial charge is 0.0443 e. The highest BCUT2D eigenvalue weighted by atomic mass is 16.3. The minimum absolute atomic E-state index is 0.230. The fraction of sp³-hybridized carbons (Fsp3) is 1.00. The van der Waals surface area contributed by atoms with Crippen molar-refractivity contribution in [1.82, 2.24) is 10.2 Å². The van der Waals surface area contributed by atoms with Crippen molar-refractivity contribution in [2.75, 3.05) is 32.8 Å². The van der Waals surface area contributed by atoms with Gasteiger partial charge in [-0.2, -0.15) is 0 Å². The van der Waals surface area contributed by atoms with Crippen molar-refractivity contribution in [2.45, 2.75) is 45.6 Å². The first-order valence-electron chi connectivity index (χ1n) is 6.59. The Labute approximate surface area is 100 Å². The molecule has 3 heteroatoms. The zero-order chi connectivity index (χ0) is 12.0. The van der Waals surface area contributed by atoms with Gasteiger partial charge in [0.1, 0.15) is 0 Å². The quantitative estimate of drug-likeness (QED) is 0.748. The summed E-state index contributed by atoms with van der Waals surface area (Å²) in [4.78, 5) is 2.49. The van der Waals surface area contributed by atoms with E-state index in [-0.39, 0.29) is 5.54 Å². The summed E-state index contributed by atoms with van der Waals surface area (Å²) in [6.07, 6.45) is 3.57. The fourth-order valence-corrected chi connectivity index (χ4v) is 2.27. The van der Waals surface area contributed by atoms with Gasteiger partial charge < -0.3 is 15.3 Å². The maximum atomic E-state index is 8.83. The summed E-state index contributed by atoms with van der Waals surface area (Å²) in [5, 5.41) is 12.4. The molecule has 1 saturated heterocycles. The predicted molar refractivity (Wildman–Crippen MR) is 68.6 cm³/mol. The normalized spacial score (nSPS) is 23.6. The van der Waals surface area contributed by atoms with Crippen molar-refractivity contribution in [3.05, 3.63) is 0 Å². The molecule has 1 aliphatic heterocycles. The van der Waals surface area contributed by atoms with Crippen LogP contribution in [0.1, 0.15) is 40.0 Å². The molecule has 0 spiro atoms. The van der Waals surface area contributed by atoms with E-state index in [9.17, 15) is 0 Å². The Morgan fingerprint density at radius 2 is 2.12 bits per heavy atom. The summed E-state index contributed by atoms with van der Waals surface area (Å²) in [6.45, 7) is 11.6. The molecule has 2 N–H and O–H groups in total. The van der Waals surface area contributed by atoms with Crippen LogP contribution in [0, 0.1) is 5.92 Å². The average Bonchev–Trinajstić information content (AvgIpc) is 2.23. The van der Waals surface area contributed by atoms with Crippen LogP contribution in [0.3, 0.4) is 0 Å². The molecule has 0 aromatic heterocycles. The molecule has 0 amide bonds. The second kappa shape index (κ2) is 6.58. The van der Waals surface area contributed by atoms with Crippen LogP contribution in [-0.4, -0.2) is 48.3 Å². The van der Waals surface area contributed by atoms with E-state index < -0.39 is 0 Å². The van der Waals surface area contributed by atoms with Crippen LogP contribution in [0.15, 0.2) is 0 Å². The van der Waals surface area contributed by atoms with Gasteiger partial charge in [-0.25, -0.2) is 0 Å². The van der Waals surface area contributed by atoms with Gasteiger partial charge in [0.15, 0.2) is 0 Å². The SMILES string of the molecule is CC(C)(C)NCC1CCCN(CCCO)C1. The molecule has 0 radical (unpaired) electrons. The van der Waals surface area contributed by atoms with Crippen LogP contribution in [0.5, 0.6) is 0 Å². The molecule has 96 valence electrons. The van der Waals surface area contributed by atoms with Crippen molar-refractivity contribution in [3.8, 4) is 0 Å². The fourth-order valence-electron chi connectivity index (χ4n) is 2.27. The topological polar surface area (TPSA) is 35.5 Å². The molecule has 0 aromatic carbocycles. The summed E-state index contributed by atoms with van der Waals surface area (Å²) in [7, 11) is 0. The Hall–Kier alpha value is -0.120. The second-order valence-corrected chi connectivity index (χ2v) is 6.02. The van der Waals surface area contributed by atoms with Crippen LogP contribution < -0.4 is 5.32 Å². The summed E-state index contributed by atoms with van der Waals surface area (Å²) < 4.78 is 0. The van der Waals surface area contributed by atoms with Crippen molar-refractivity contribution < 1.29 is 5.11 Å². The third-order valence-corrected chi connectivity index (χ3v) is 3.16. The first-order valence-corrected chi connectivity index (χ1v) is 6.59. The molecule has 0 aliphatic carbocycles. The summed E-state index contributed by atoms with van der Waals surface area (Å²) in [5.41, 5.74) is 0.230. The molecule has 0 saturated carbocycles. The molecule has 16 heavy (non-hydrogen) atoms. The highest BCUT2D eigenvalue weighted by molar-refractivity contribution is 4.78. The van der Waals surface area contributed by atoms with Crippen LogP contribution in [0.2, 0.25) is 0 Å². The highest BCUT2D eigenvalue weighted by Gasteiger charge is 2.20. The molecule has 1 rings (SSSR count). The van der Waals surface area contributed by atoms with E-state index in [1.165, 1.54) is 25.9 Å². The van der Waals surface area contributed by atoms with Gasteiger partial charge in [0, 0.05) is 25.2 Å². The Bertz CT molecular complexity index is 189. The van der Waals surface area contributed by atoms with Crippen molar-refractivity contribution >= 4 is 0 Å². The predicted octanol–water partition coefficient (Wildman–Crippen LogP) is 1.47. The van der Waals surface area contributed by atoms with E-state index in [1.54, 1.807) is 0 Å². The molecular weight excluding hydrogens is 200 g/mol. The zero-order valence-corrected chi connectivity index (χ0v) is 11.1. The molecule has 1 fully saturated rings. The van der Waals surface area contributed by atoms with E-state index in [0.29, 0.717) is 6.61 Å². The largest absolute Gasteiger partial charge is 0.396 e. The standard InChI is InChI=1S/C13H28N2O/c1-13(2,3)14-10-12-6-4-7-15(11-12)8-5-9-16/h12,14,16H,4-11H2,1-3H3. The lowest BCUT2D eigenvalue weighted by atomic mass is 9.96. The molecule has 1 heterocycles. The van der Waals surface area contributed by atoms with Gasteiger partial charge in [-0.05, 0) is 59.0 Å². The van der Waals surface area contributed by atoms with Gasteiger partial charge in [-0.1, -0.05) is 0 Å². The van der Waals surface area contributed by atoms with E-state index >= 15 is 0 Å². The molecule has 1 aliphatic rings. The lowest BCUT2D eigenvalue weighted by Crippen LogP contribution is -2.44. The number of piperidine rings is 1. The first kappa shape index (κ1) is 13.9. The molecule has 0 bridgehead atoms. The van der Waals surface area contributed by atoms with Gasteiger partial charge in [-0.15, -0.1) is 0 Å². The third-order valence-electron chi connectivity index (χ3n) is 3.16. The monoisotopic (exact) mass is 228 g/mol. The van der Waals surface area contributed by atoms with E-state index in [1.807, 2.05) is 0 Å². The average molecular weight is 228 g/mol. The number of nitrogens with one attached hydrogen (secondary N) is 1. The van der Waals surface area contributed by atoms with Crippen LogP contribution in [0.4, 0.5) is 0 Å². The first-order chi connectivity index (χ1) is 7.51. The number of aliphatic hydroxyl groups excluding tert-OH is 1. The number of rotatable bonds is 5. The lowest BCUT2D eigenvalue weighted by molar-refractivity contribution is 0.153. The van der Waals surface area contributed by atoms with Gasteiger partial charge in [-0.3, -0.25) is 0 Å². The minimum Gasteiger partial charge on any atom is -0.396 e. The van der Waals surface area contributed by atoms with Crippen LogP contribution >= 0.6 is 0 Å². The maximum Gasteiger partial charge on any atom is 0.0443 e. The zero-order valence-electron chi connectivity index (χ0n) is 11.1.